The zero-order chi connectivity index (χ0) is 29.8. The summed E-state index contributed by atoms with van der Waals surface area (Å²) in [6, 6.07) is 11.4. The maximum absolute atomic E-state index is 13.5. The summed E-state index contributed by atoms with van der Waals surface area (Å²) in [4.78, 5) is 23.7. The minimum Gasteiger partial charge on any atom is -0.489 e. The van der Waals surface area contributed by atoms with Crippen molar-refractivity contribution in [3.8, 4) is 17.3 Å². The summed E-state index contributed by atoms with van der Waals surface area (Å²) in [6.07, 6.45) is 5.90. The van der Waals surface area contributed by atoms with Gasteiger partial charge in [-0.2, -0.15) is 4.39 Å². The molecule has 1 fully saturated rings. The normalized spacial score (nSPS) is 16.7. The van der Waals surface area contributed by atoms with Crippen LogP contribution in [-0.2, 0) is 20.0 Å². The fourth-order valence-electron chi connectivity index (χ4n) is 6.14. The molecule has 0 unspecified atom stereocenters. The number of nitrogens with zero attached hydrogens (tertiary/aromatic N) is 6. The van der Waals surface area contributed by atoms with E-state index in [1.54, 1.807) is 9.47 Å². The molecule has 9 nitrogen and oxygen atoms in total. The Morgan fingerprint density at radius 1 is 1.21 bits per heavy atom. The van der Waals surface area contributed by atoms with Crippen LogP contribution in [-0.4, -0.2) is 66.9 Å². The molecule has 1 amide bonds. The highest BCUT2D eigenvalue weighted by atomic mass is 19.1. The van der Waals surface area contributed by atoms with Crippen LogP contribution in [0.4, 0.5) is 8.78 Å². The number of imidazole rings is 2. The first kappa shape index (κ1) is 27.6. The van der Waals surface area contributed by atoms with E-state index in [-0.39, 0.29) is 18.5 Å². The number of fused-ring (bicyclic) bond motifs is 3. The number of carbonyl (C=O) groups is 1. The lowest BCUT2D eigenvalue weighted by Gasteiger charge is -2.30. The highest BCUT2D eigenvalue weighted by Gasteiger charge is 2.29. The Morgan fingerprint density at radius 3 is 2.79 bits per heavy atom. The van der Waals surface area contributed by atoms with Gasteiger partial charge in [-0.15, -0.1) is 0 Å². The zero-order valence-corrected chi connectivity index (χ0v) is 24.3. The van der Waals surface area contributed by atoms with Crippen LogP contribution in [0.25, 0.3) is 33.5 Å². The molecule has 2 aliphatic rings. The molecule has 0 radical (unpaired) electrons. The van der Waals surface area contributed by atoms with Crippen molar-refractivity contribution in [3.05, 3.63) is 66.0 Å². The standard InChI is InChI=1S/C32H35F2N7O2/c1-19(40-16-29(34)36-18-40)17-43-28-5-3-4-22-11-27(41(30(22)28)14-20-6-7-20)31-37-25-12-24-21(10-26(25)38(31)2)8-9-39(32(24)42)15-23(35)13-33/h3-5,10-12,16,18-20,23H,6-9,13-15,17,35H2,1-2H3/t19-,23-/m1/s1. The van der Waals surface area contributed by atoms with E-state index < -0.39 is 18.7 Å². The van der Waals surface area contributed by atoms with Crippen LogP contribution in [0.15, 0.2) is 48.9 Å². The maximum atomic E-state index is 13.5. The Balaban J connectivity index is 1.27. The highest BCUT2D eigenvalue weighted by molar-refractivity contribution is 6.01. The average molecular weight is 588 g/mol. The molecule has 3 aromatic heterocycles. The van der Waals surface area contributed by atoms with E-state index in [9.17, 15) is 13.6 Å². The fraction of sp³-hybridized carbons (Fsp3) is 0.406. The number of aromatic nitrogens is 5. The van der Waals surface area contributed by atoms with E-state index in [4.69, 9.17) is 15.5 Å². The average Bonchev–Trinajstić information content (AvgIpc) is 3.46. The van der Waals surface area contributed by atoms with Gasteiger partial charge in [0.2, 0.25) is 5.95 Å². The zero-order valence-electron chi connectivity index (χ0n) is 24.3. The monoisotopic (exact) mass is 587 g/mol. The summed E-state index contributed by atoms with van der Waals surface area (Å²) < 4.78 is 39.0. The molecule has 0 saturated heterocycles. The van der Waals surface area contributed by atoms with Crippen molar-refractivity contribution in [2.45, 2.75) is 44.8 Å². The molecule has 2 atom stereocenters. The van der Waals surface area contributed by atoms with Crippen LogP contribution in [0.5, 0.6) is 5.75 Å². The molecule has 4 heterocycles. The number of hydrogen-bond donors (Lipinski definition) is 1. The third-order valence-electron chi connectivity index (χ3n) is 8.74. The van der Waals surface area contributed by atoms with E-state index in [1.165, 1.54) is 25.4 Å². The summed E-state index contributed by atoms with van der Waals surface area (Å²) in [6.45, 7) is 3.23. The second kappa shape index (κ2) is 10.8. The highest BCUT2D eigenvalue weighted by Crippen LogP contribution is 2.39. The molecule has 5 aromatic rings. The number of hydrogen-bond acceptors (Lipinski definition) is 5. The maximum Gasteiger partial charge on any atom is 0.254 e. The second-order valence-corrected chi connectivity index (χ2v) is 12.0. The number of nitrogens with two attached hydrogens (primary N) is 1. The van der Waals surface area contributed by atoms with E-state index in [0.717, 1.165) is 51.3 Å². The van der Waals surface area contributed by atoms with Gasteiger partial charge in [-0.25, -0.2) is 14.4 Å². The number of rotatable bonds is 10. The molecule has 224 valence electrons. The van der Waals surface area contributed by atoms with Crippen molar-refractivity contribution in [1.29, 1.82) is 0 Å². The number of aryl methyl sites for hydroxylation is 1. The molecule has 2 aromatic carbocycles. The van der Waals surface area contributed by atoms with Crippen molar-refractivity contribution in [3.63, 3.8) is 0 Å². The molecule has 7 rings (SSSR count). The molecule has 43 heavy (non-hydrogen) atoms. The molecule has 11 heteroatoms. The van der Waals surface area contributed by atoms with E-state index in [0.29, 0.717) is 31.1 Å². The van der Waals surface area contributed by atoms with Gasteiger partial charge in [0.1, 0.15) is 19.0 Å². The summed E-state index contributed by atoms with van der Waals surface area (Å²) in [7, 11) is 2.01. The van der Waals surface area contributed by atoms with Gasteiger partial charge in [0.15, 0.2) is 5.82 Å². The molecule has 1 saturated carbocycles. The molecular weight excluding hydrogens is 552 g/mol. The number of halogens is 2. The summed E-state index contributed by atoms with van der Waals surface area (Å²) >= 11 is 0. The van der Waals surface area contributed by atoms with Crippen molar-refractivity contribution in [2.24, 2.45) is 18.7 Å². The molecule has 0 spiro atoms. The number of carbonyl (C=O) groups excluding carboxylic acids is 1. The van der Waals surface area contributed by atoms with Crippen molar-refractivity contribution in [1.82, 2.24) is 28.6 Å². The minimum atomic E-state index is -0.685. The number of alkyl halides is 1. The van der Waals surface area contributed by atoms with Crippen LogP contribution in [0.2, 0.25) is 0 Å². The van der Waals surface area contributed by atoms with Gasteiger partial charge in [0.25, 0.3) is 5.91 Å². The lowest BCUT2D eigenvalue weighted by molar-refractivity contribution is 0.0725. The van der Waals surface area contributed by atoms with Gasteiger partial charge < -0.3 is 29.1 Å². The van der Waals surface area contributed by atoms with Crippen LogP contribution in [0, 0.1) is 11.9 Å². The van der Waals surface area contributed by atoms with E-state index in [2.05, 4.69) is 32.3 Å². The van der Waals surface area contributed by atoms with Crippen LogP contribution in [0.1, 0.15) is 41.7 Å². The lowest BCUT2D eigenvalue weighted by Crippen LogP contribution is -2.45. The summed E-state index contributed by atoms with van der Waals surface area (Å²) in [5.41, 5.74) is 11.1. The van der Waals surface area contributed by atoms with E-state index >= 15 is 0 Å². The number of ether oxygens (including phenoxy) is 1. The van der Waals surface area contributed by atoms with Crippen molar-refractivity contribution >= 4 is 27.8 Å². The Labute approximate surface area is 247 Å². The quantitative estimate of drug-likeness (QED) is 0.251. The smallest absolute Gasteiger partial charge is 0.254 e. The Bertz CT molecular complexity index is 1840. The largest absolute Gasteiger partial charge is 0.489 e. The number of benzene rings is 2. The van der Waals surface area contributed by atoms with Gasteiger partial charge in [-0.05, 0) is 61.9 Å². The van der Waals surface area contributed by atoms with Crippen molar-refractivity contribution in [2.75, 3.05) is 26.4 Å². The Hall–Kier alpha value is -4.25. The lowest BCUT2D eigenvalue weighted by atomic mass is 9.97. The first-order chi connectivity index (χ1) is 20.8. The SMILES string of the molecule is C[C@H](COc1cccc2cc(-c3nc4cc5c(cc4n3C)CCN(C[C@H](N)CF)C5=O)n(CC3CC3)c12)n1cnc(F)c1. The molecule has 1 aliphatic heterocycles. The molecule has 1 aliphatic carbocycles. The fourth-order valence-corrected chi connectivity index (χ4v) is 6.14. The molecule has 0 bridgehead atoms. The Kier molecular flexibility index (Phi) is 6.92. The van der Waals surface area contributed by atoms with Crippen molar-refractivity contribution < 1.29 is 18.3 Å². The van der Waals surface area contributed by atoms with Gasteiger partial charge in [-0.1, -0.05) is 12.1 Å². The molecule has 2 N–H and O–H groups in total. The first-order valence-corrected chi connectivity index (χ1v) is 14.8. The third kappa shape index (κ3) is 5.05. The predicted octanol–water partition coefficient (Wildman–Crippen LogP) is 4.88. The second-order valence-electron chi connectivity index (χ2n) is 12.0. The van der Waals surface area contributed by atoms with Gasteiger partial charge in [0.05, 0.1) is 46.9 Å². The first-order valence-electron chi connectivity index (χ1n) is 14.8. The van der Waals surface area contributed by atoms with Crippen LogP contribution < -0.4 is 10.5 Å². The van der Waals surface area contributed by atoms with Gasteiger partial charge in [-0.3, -0.25) is 4.79 Å². The minimum absolute atomic E-state index is 0.101. The summed E-state index contributed by atoms with van der Waals surface area (Å²) in [5, 5.41) is 1.05. The van der Waals surface area contributed by atoms with Crippen LogP contribution in [0.3, 0.4) is 0 Å². The summed E-state index contributed by atoms with van der Waals surface area (Å²) in [5.74, 6) is 1.53. The van der Waals surface area contributed by atoms with E-state index in [1.807, 2.05) is 32.2 Å². The molecular formula is C32H35F2N7O2. The van der Waals surface area contributed by atoms with Gasteiger partial charge in [0, 0.05) is 37.6 Å². The Morgan fingerprint density at radius 2 is 2.05 bits per heavy atom. The van der Waals surface area contributed by atoms with Crippen LogP contribution >= 0.6 is 0 Å². The van der Waals surface area contributed by atoms with Gasteiger partial charge >= 0.3 is 0 Å². The third-order valence-corrected chi connectivity index (χ3v) is 8.74. The number of para-hydroxylation sites is 1. The topological polar surface area (TPSA) is 96.1 Å². The predicted molar refractivity (Wildman–Crippen MR) is 160 cm³/mol. The number of amides is 1.